The van der Waals surface area contributed by atoms with E-state index in [-0.39, 0.29) is 24.6 Å². The molecule has 4 atom stereocenters. The first-order valence-electron chi connectivity index (χ1n) is 5.80. The molecule has 0 aromatic heterocycles. The van der Waals surface area contributed by atoms with E-state index >= 15 is 0 Å². The largest absolute Gasteiger partial charge is 0.370 e. The van der Waals surface area contributed by atoms with Crippen LogP contribution in [-0.4, -0.2) is 24.9 Å². The Morgan fingerprint density at radius 3 is 2.69 bits per heavy atom. The fraction of sp³-hybridized carbons (Fsp3) is 0.538. The molecule has 2 aliphatic rings. The van der Waals surface area contributed by atoms with Crippen LogP contribution in [0.15, 0.2) is 30.3 Å². The fourth-order valence-electron chi connectivity index (χ4n) is 2.38. The van der Waals surface area contributed by atoms with E-state index in [9.17, 15) is 0 Å². The molecule has 0 spiro atoms. The first kappa shape index (κ1) is 10.3. The smallest absolute Gasteiger partial charge is 0.184 e. The summed E-state index contributed by atoms with van der Waals surface area (Å²) < 4.78 is 17.3. The molecule has 2 heterocycles. The monoisotopic (exact) mass is 220 g/mol. The van der Waals surface area contributed by atoms with Gasteiger partial charge in [0, 0.05) is 12.0 Å². The molecule has 3 nitrogen and oxygen atoms in total. The van der Waals surface area contributed by atoms with Gasteiger partial charge in [0.05, 0.1) is 18.8 Å². The predicted octanol–water partition coefficient (Wildman–Crippen LogP) is 2.28. The van der Waals surface area contributed by atoms with E-state index in [1.807, 2.05) is 30.3 Å². The van der Waals surface area contributed by atoms with E-state index in [0.29, 0.717) is 6.61 Å². The third kappa shape index (κ3) is 1.86. The number of ether oxygens (including phenoxy) is 3. The van der Waals surface area contributed by atoms with Gasteiger partial charge < -0.3 is 14.2 Å². The second-order valence-electron chi connectivity index (χ2n) is 4.47. The lowest BCUT2D eigenvalue weighted by molar-refractivity contribution is -0.244. The number of hydrogen-bond acceptors (Lipinski definition) is 3. The van der Waals surface area contributed by atoms with Gasteiger partial charge in [-0.25, -0.2) is 0 Å². The van der Waals surface area contributed by atoms with Crippen LogP contribution in [0.3, 0.4) is 0 Å². The molecule has 2 fully saturated rings. The highest BCUT2D eigenvalue weighted by Gasteiger charge is 2.39. The molecule has 0 bridgehead atoms. The van der Waals surface area contributed by atoms with Crippen LogP contribution in [0, 0.1) is 0 Å². The zero-order valence-corrected chi connectivity index (χ0v) is 9.34. The second kappa shape index (κ2) is 4.17. The highest BCUT2D eigenvalue weighted by Crippen LogP contribution is 2.34. The van der Waals surface area contributed by atoms with Gasteiger partial charge in [-0.05, 0) is 6.92 Å². The molecule has 1 aromatic rings. The third-order valence-corrected chi connectivity index (χ3v) is 3.17. The van der Waals surface area contributed by atoms with Gasteiger partial charge in [-0.15, -0.1) is 0 Å². The Kier molecular flexibility index (Phi) is 2.67. The van der Waals surface area contributed by atoms with E-state index < -0.39 is 0 Å². The molecule has 0 aliphatic carbocycles. The van der Waals surface area contributed by atoms with Gasteiger partial charge in [-0.2, -0.15) is 0 Å². The molecule has 1 aromatic carbocycles. The highest BCUT2D eigenvalue weighted by molar-refractivity contribution is 5.16. The van der Waals surface area contributed by atoms with Crippen molar-refractivity contribution in [1.82, 2.24) is 0 Å². The van der Waals surface area contributed by atoms with Crippen LogP contribution >= 0.6 is 0 Å². The lowest BCUT2D eigenvalue weighted by atomic mass is 10.1. The molecule has 0 amide bonds. The topological polar surface area (TPSA) is 27.7 Å². The Balaban J connectivity index is 1.72. The minimum absolute atomic E-state index is 0.120. The van der Waals surface area contributed by atoms with Crippen molar-refractivity contribution in [2.24, 2.45) is 0 Å². The molecule has 0 N–H and O–H groups in total. The minimum Gasteiger partial charge on any atom is -0.370 e. The molecule has 3 rings (SSSR count). The standard InChI is InChI=1S/C13H16O3/c1-9-7-11-12(15-9)8-14-13(16-11)10-5-3-2-4-6-10/h2-6,9,11-13H,7-8H2,1H3/t9?,11-,12+,13?/m0/s1. The lowest BCUT2D eigenvalue weighted by Crippen LogP contribution is -2.37. The summed E-state index contributed by atoms with van der Waals surface area (Å²) in [5.41, 5.74) is 1.08. The zero-order valence-electron chi connectivity index (χ0n) is 9.34. The number of rotatable bonds is 1. The Hall–Kier alpha value is -0.900. The SMILES string of the molecule is CC1C[C@@H]2OC(c3ccccc3)OC[C@H]2O1. The molecule has 2 saturated heterocycles. The first-order valence-corrected chi connectivity index (χ1v) is 5.80. The maximum Gasteiger partial charge on any atom is 0.184 e. The Morgan fingerprint density at radius 2 is 1.88 bits per heavy atom. The van der Waals surface area contributed by atoms with Crippen LogP contribution < -0.4 is 0 Å². The first-order chi connectivity index (χ1) is 7.83. The summed E-state index contributed by atoms with van der Waals surface area (Å²) in [4.78, 5) is 0. The van der Waals surface area contributed by atoms with Crippen molar-refractivity contribution in [2.75, 3.05) is 6.61 Å². The maximum absolute atomic E-state index is 5.92. The summed E-state index contributed by atoms with van der Waals surface area (Å²) in [6.07, 6.45) is 1.34. The number of hydrogen-bond donors (Lipinski definition) is 0. The Morgan fingerprint density at radius 1 is 1.06 bits per heavy atom. The fourth-order valence-corrected chi connectivity index (χ4v) is 2.38. The Labute approximate surface area is 95.3 Å². The summed E-state index contributed by atoms with van der Waals surface area (Å²) in [5, 5.41) is 0. The van der Waals surface area contributed by atoms with E-state index in [2.05, 4.69) is 6.92 Å². The molecule has 0 saturated carbocycles. The van der Waals surface area contributed by atoms with Crippen molar-refractivity contribution in [3.8, 4) is 0 Å². The van der Waals surface area contributed by atoms with Crippen LogP contribution in [0.4, 0.5) is 0 Å². The number of benzene rings is 1. The average Bonchev–Trinajstić information content (AvgIpc) is 2.69. The van der Waals surface area contributed by atoms with Gasteiger partial charge in [-0.3, -0.25) is 0 Å². The molecule has 16 heavy (non-hydrogen) atoms. The molecule has 0 radical (unpaired) electrons. The van der Waals surface area contributed by atoms with Crippen molar-refractivity contribution < 1.29 is 14.2 Å². The van der Waals surface area contributed by atoms with Crippen LogP contribution in [0.1, 0.15) is 25.2 Å². The average molecular weight is 220 g/mol. The second-order valence-corrected chi connectivity index (χ2v) is 4.47. The summed E-state index contributed by atoms with van der Waals surface area (Å²) >= 11 is 0. The van der Waals surface area contributed by atoms with Crippen molar-refractivity contribution in [3.05, 3.63) is 35.9 Å². The van der Waals surface area contributed by atoms with E-state index in [0.717, 1.165) is 12.0 Å². The molecule has 2 aliphatic heterocycles. The molecule has 2 unspecified atom stereocenters. The van der Waals surface area contributed by atoms with E-state index in [4.69, 9.17) is 14.2 Å². The predicted molar refractivity (Wildman–Crippen MR) is 59.0 cm³/mol. The van der Waals surface area contributed by atoms with Crippen molar-refractivity contribution in [1.29, 1.82) is 0 Å². The zero-order chi connectivity index (χ0) is 11.0. The molecule has 3 heteroatoms. The summed E-state index contributed by atoms with van der Waals surface area (Å²) in [6, 6.07) is 10.1. The molecular formula is C13H16O3. The van der Waals surface area contributed by atoms with Crippen molar-refractivity contribution in [3.63, 3.8) is 0 Å². The summed E-state index contributed by atoms with van der Waals surface area (Å²) in [7, 11) is 0. The quantitative estimate of drug-likeness (QED) is 0.726. The lowest BCUT2D eigenvalue weighted by Gasteiger charge is -2.31. The number of fused-ring (bicyclic) bond motifs is 1. The van der Waals surface area contributed by atoms with Crippen molar-refractivity contribution >= 4 is 0 Å². The molecule has 86 valence electrons. The van der Waals surface area contributed by atoms with Gasteiger partial charge in [0.15, 0.2) is 6.29 Å². The van der Waals surface area contributed by atoms with Gasteiger partial charge in [0.1, 0.15) is 6.10 Å². The van der Waals surface area contributed by atoms with Crippen LogP contribution in [0.5, 0.6) is 0 Å². The van der Waals surface area contributed by atoms with E-state index in [1.165, 1.54) is 0 Å². The van der Waals surface area contributed by atoms with Gasteiger partial charge in [0.25, 0.3) is 0 Å². The van der Waals surface area contributed by atoms with Gasteiger partial charge in [0.2, 0.25) is 0 Å². The van der Waals surface area contributed by atoms with Gasteiger partial charge >= 0.3 is 0 Å². The molecular weight excluding hydrogens is 204 g/mol. The van der Waals surface area contributed by atoms with Crippen LogP contribution in [0.2, 0.25) is 0 Å². The van der Waals surface area contributed by atoms with Crippen LogP contribution in [-0.2, 0) is 14.2 Å². The van der Waals surface area contributed by atoms with E-state index in [1.54, 1.807) is 0 Å². The summed E-state index contributed by atoms with van der Waals surface area (Å²) in [5.74, 6) is 0. The third-order valence-electron chi connectivity index (χ3n) is 3.17. The normalized spacial score (nSPS) is 38.3. The summed E-state index contributed by atoms with van der Waals surface area (Å²) in [6.45, 7) is 2.72. The van der Waals surface area contributed by atoms with Crippen molar-refractivity contribution in [2.45, 2.75) is 37.9 Å². The highest BCUT2D eigenvalue weighted by atomic mass is 16.7. The van der Waals surface area contributed by atoms with Gasteiger partial charge in [-0.1, -0.05) is 30.3 Å². The maximum atomic E-state index is 5.92. The Bertz CT molecular complexity index is 351. The van der Waals surface area contributed by atoms with Crippen LogP contribution in [0.25, 0.3) is 0 Å². The minimum atomic E-state index is -0.226.